The van der Waals surface area contributed by atoms with E-state index in [1.807, 2.05) is 26.8 Å². The number of pyridine rings is 1. The van der Waals surface area contributed by atoms with Crippen LogP contribution in [0.25, 0.3) is 11.1 Å². The number of aromatic nitrogens is 2. The Kier molecular flexibility index (Phi) is 5.91. The Morgan fingerprint density at radius 1 is 1.38 bits per heavy atom. The Hall–Kier alpha value is -1.95. The molecule has 1 aliphatic carbocycles. The van der Waals surface area contributed by atoms with Gasteiger partial charge in [0.25, 0.3) is 11.6 Å². The summed E-state index contributed by atoms with van der Waals surface area (Å²) in [5.41, 5.74) is 2.50. The Bertz CT molecular complexity index is 769. The first kappa shape index (κ1) is 18.8. The van der Waals surface area contributed by atoms with Crippen molar-refractivity contribution in [2.75, 3.05) is 13.2 Å². The highest BCUT2D eigenvalue weighted by Gasteiger charge is 2.22. The molecule has 2 atom stereocenters. The van der Waals surface area contributed by atoms with Gasteiger partial charge in [-0.05, 0) is 37.7 Å². The number of fused-ring (bicyclic) bond motifs is 1. The number of nitrogens with one attached hydrogen (secondary N) is 1. The molecule has 0 bridgehead atoms. The number of rotatable bonds is 6. The van der Waals surface area contributed by atoms with E-state index < -0.39 is 0 Å². The molecule has 2 aromatic rings. The van der Waals surface area contributed by atoms with Gasteiger partial charge in [-0.1, -0.05) is 38.8 Å². The Morgan fingerprint density at radius 2 is 2.15 bits per heavy atom. The standard InChI is InChI=1S/C20H29N3O3/c1-12(2)16-11-15(18-14(4)23-26-20(18)22-16)19(24)21-9-10-25-17-8-6-5-7-13(17)3/h11-13,17H,5-10H2,1-4H3,(H,21,24). The van der Waals surface area contributed by atoms with E-state index in [1.54, 1.807) is 0 Å². The molecule has 0 aliphatic heterocycles. The van der Waals surface area contributed by atoms with Gasteiger partial charge in [0.1, 0.15) is 0 Å². The van der Waals surface area contributed by atoms with Gasteiger partial charge in [0, 0.05) is 12.2 Å². The van der Waals surface area contributed by atoms with Crippen LogP contribution in [0.15, 0.2) is 10.6 Å². The number of hydrogen-bond donors (Lipinski definition) is 1. The Labute approximate surface area is 154 Å². The molecule has 2 unspecified atom stereocenters. The zero-order valence-electron chi connectivity index (χ0n) is 16.2. The molecule has 1 saturated carbocycles. The van der Waals surface area contributed by atoms with E-state index in [2.05, 4.69) is 22.4 Å². The predicted octanol–water partition coefficient (Wildman–Crippen LogP) is 3.98. The van der Waals surface area contributed by atoms with Crippen molar-refractivity contribution in [1.82, 2.24) is 15.5 Å². The maximum atomic E-state index is 12.7. The van der Waals surface area contributed by atoms with Crippen LogP contribution in [-0.2, 0) is 4.74 Å². The summed E-state index contributed by atoms with van der Waals surface area (Å²) in [6, 6.07) is 1.84. The van der Waals surface area contributed by atoms with Crippen LogP contribution >= 0.6 is 0 Å². The fraction of sp³-hybridized carbons (Fsp3) is 0.650. The average molecular weight is 359 g/mol. The fourth-order valence-electron chi connectivity index (χ4n) is 3.59. The summed E-state index contributed by atoms with van der Waals surface area (Å²) < 4.78 is 11.3. The third-order valence-corrected chi connectivity index (χ3v) is 5.23. The molecule has 1 aliphatic rings. The third kappa shape index (κ3) is 4.06. The van der Waals surface area contributed by atoms with E-state index in [9.17, 15) is 4.79 Å². The molecular weight excluding hydrogens is 330 g/mol. The van der Waals surface area contributed by atoms with Crippen molar-refractivity contribution < 1.29 is 14.1 Å². The largest absolute Gasteiger partial charge is 0.376 e. The molecule has 0 spiro atoms. The van der Waals surface area contributed by atoms with Gasteiger partial charge < -0.3 is 14.6 Å². The molecule has 2 heterocycles. The minimum Gasteiger partial charge on any atom is -0.376 e. The second-order valence-corrected chi connectivity index (χ2v) is 7.62. The molecule has 0 saturated heterocycles. The van der Waals surface area contributed by atoms with Gasteiger partial charge in [0.2, 0.25) is 0 Å². The normalized spacial score (nSPS) is 20.7. The van der Waals surface area contributed by atoms with Crippen molar-refractivity contribution in [3.63, 3.8) is 0 Å². The van der Waals surface area contributed by atoms with E-state index in [-0.39, 0.29) is 11.8 Å². The number of carbonyl (C=O) groups excluding carboxylic acids is 1. The van der Waals surface area contributed by atoms with Crippen molar-refractivity contribution in [2.45, 2.75) is 65.4 Å². The van der Waals surface area contributed by atoms with Gasteiger partial charge in [-0.3, -0.25) is 4.79 Å². The van der Waals surface area contributed by atoms with Crippen molar-refractivity contribution in [1.29, 1.82) is 0 Å². The van der Waals surface area contributed by atoms with E-state index >= 15 is 0 Å². The van der Waals surface area contributed by atoms with Crippen LogP contribution in [0.4, 0.5) is 0 Å². The predicted molar refractivity (Wildman–Crippen MR) is 100 cm³/mol. The van der Waals surface area contributed by atoms with E-state index in [0.29, 0.717) is 47.5 Å². The van der Waals surface area contributed by atoms with Crippen LogP contribution in [0.1, 0.15) is 74.1 Å². The second kappa shape index (κ2) is 8.16. The SMILES string of the molecule is Cc1noc2nc(C(C)C)cc(C(=O)NCCOC3CCCCC3C)c12. The minimum atomic E-state index is -0.133. The van der Waals surface area contributed by atoms with Crippen molar-refractivity contribution in [3.05, 3.63) is 23.0 Å². The quantitative estimate of drug-likeness (QED) is 0.790. The molecule has 26 heavy (non-hydrogen) atoms. The highest BCUT2D eigenvalue weighted by Crippen LogP contribution is 2.26. The number of aryl methyl sites for hydroxylation is 1. The number of hydrogen-bond acceptors (Lipinski definition) is 5. The van der Waals surface area contributed by atoms with Crippen LogP contribution in [0, 0.1) is 12.8 Å². The summed E-state index contributed by atoms with van der Waals surface area (Å²) in [6.45, 7) is 9.18. The lowest BCUT2D eigenvalue weighted by atomic mass is 9.88. The molecule has 6 heteroatoms. The fourth-order valence-corrected chi connectivity index (χ4v) is 3.59. The van der Waals surface area contributed by atoms with E-state index in [1.165, 1.54) is 19.3 Å². The van der Waals surface area contributed by atoms with Gasteiger partial charge >= 0.3 is 0 Å². The van der Waals surface area contributed by atoms with Crippen molar-refractivity contribution in [2.24, 2.45) is 5.92 Å². The topological polar surface area (TPSA) is 77.2 Å². The number of amides is 1. The molecule has 6 nitrogen and oxygen atoms in total. The number of nitrogens with zero attached hydrogens (tertiary/aromatic N) is 2. The molecule has 2 aromatic heterocycles. The molecule has 1 fully saturated rings. The summed E-state index contributed by atoms with van der Waals surface area (Å²) in [6.07, 6.45) is 5.21. The zero-order valence-corrected chi connectivity index (χ0v) is 16.2. The summed E-state index contributed by atoms with van der Waals surface area (Å²) >= 11 is 0. The van der Waals surface area contributed by atoms with Crippen LogP contribution in [0.3, 0.4) is 0 Å². The average Bonchev–Trinajstić information content (AvgIpc) is 3.00. The molecule has 1 N–H and O–H groups in total. The lowest BCUT2D eigenvalue weighted by molar-refractivity contribution is -0.00293. The monoisotopic (exact) mass is 359 g/mol. The van der Waals surface area contributed by atoms with Crippen LogP contribution in [0.2, 0.25) is 0 Å². The maximum absolute atomic E-state index is 12.7. The first-order chi connectivity index (χ1) is 12.5. The molecule has 0 radical (unpaired) electrons. The summed E-state index contributed by atoms with van der Waals surface area (Å²) in [7, 11) is 0. The van der Waals surface area contributed by atoms with E-state index in [0.717, 1.165) is 12.1 Å². The first-order valence-corrected chi connectivity index (χ1v) is 9.64. The first-order valence-electron chi connectivity index (χ1n) is 9.64. The Morgan fingerprint density at radius 3 is 2.88 bits per heavy atom. The third-order valence-electron chi connectivity index (χ3n) is 5.23. The minimum absolute atomic E-state index is 0.133. The van der Waals surface area contributed by atoms with Crippen LogP contribution in [0.5, 0.6) is 0 Å². The summed E-state index contributed by atoms with van der Waals surface area (Å²) in [5, 5.41) is 7.62. The summed E-state index contributed by atoms with van der Waals surface area (Å²) in [5.74, 6) is 0.672. The molecule has 3 rings (SSSR count). The molecular formula is C20H29N3O3. The van der Waals surface area contributed by atoms with E-state index in [4.69, 9.17) is 9.26 Å². The number of carbonyl (C=O) groups is 1. The van der Waals surface area contributed by atoms with Crippen molar-refractivity contribution >= 4 is 17.0 Å². The smallest absolute Gasteiger partial charge is 0.259 e. The van der Waals surface area contributed by atoms with Crippen LogP contribution in [-0.4, -0.2) is 35.3 Å². The molecule has 0 aromatic carbocycles. The van der Waals surface area contributed by atoms with Gasteiger partial charge in [0.15, 0.2) is 0 Å². The second-order valence-electron chi connectivity index (χ2n) is 7.62. The molecule has 142 valence electrons. The lowest BCUT2D eigenvalue weighted by Gasteiger charge is -2.28. The van der Waals surface area contributed by atoms with Crippen molar-refractivity contribution in [3.8, 4) is 0 Å². The van der Waals surface area contributed by atoms with Crippen LogP contribution < -0.4 is 5.32 Å². The maximum Gasteiger partial charge on any atom is 0.259 e. The highest BCUT2D eigenvalue weighted by molar-refractivity contribution is 6.06. The number of ether oxygens (including phenoxy) is 1. The van der Waals surface area contributed by atoms with Gasteiger partial charge in [-0.25, -0.2) is 4.98 Å². The zero-order chi connectivity index (χ0) is 18.7. The van der Waals surface area contributed by atoms with Gasteiger partial charge in [-0.2, -0.15) is 0 Å². The molecule has 1 amide bonds. The Balaban J connectivity index is 1.64. The van der Waals surface area contributed by atoms with Gasteiger partial charge in [0.05, 0.1) is 29.4 Å². The lowest BCUT2D eigenvalue weighted by Crippen LogP contribution is -2.32. The highest BCUT2D eigenvalue weighted by atomic mass is 16.5. The van der Waals surface area contributed by atoms with Gasteiger partial charge in [-0.15, -0.1) is 0 Å². The summed E-state index contributed by atoms with van der Waals surface area (Å²) in [4.78, 5) is 17.2.